The summed E-state index contributed by atoms with van der Waals surface area (Å²) < 4.78 is 11.3. The quantitative estimate of drug-likeness (QED) is 0.0330. The second kappa shape index (κ2) is 48.8. The van der Waals surface area contributed by atoms with E-state index in [1.165, 1.54) is 244 Å². The Hall–Kier alpha value is -0.810. The zero-order valence-electron chi connectivity index (χ0n) is 44.4. The molecule has 7 atom stereocenters. The Bertz CT molecular complexity index is 1020. The smallest absolute Gasteiger partial charge is 0.220 e. The number of amides is 1. The van der Waals surface area contributed by atoms with Crippen LogP contribution in [0.1, 0.15) is 309 Å². The fraction of sp³-hybridized carbons (Fsp3) is 0.983. The molecule has 1 aliphatic heterocycles. The lowest BCUT2D eigenvalue weighted by atomic mass is 9.99. The molecule has 9 nitrogen and oxygen atoms in total. The zero-order valence-corrected chi connectivity index (χ0v) is 44.4. The molecular weight excluding hydrogens is 839 g/mol. The van der Waals surface area contributed by atoms with E-state index in [9.17, 15) is 30.3 Å². The molecule has 1 rings (SSSR count). The van der Waals surface area contributed by atoms with Gasteiger partial charge in [-0.15, -0.1) is 0 Å². The molecule has 9 heteroatoms. The molecule has 6 N–H and O–H groups in total. The van der Waals surface area contributed by atoms with E-state index < -0.39 is 49.5 Å². The van der Waals surface area contributed by atoms with Gasteiger partial charge in [-0.25, -0.2) is 0 Å². The van der Waals surface area contributed by atoms with Crippen molar-refractivity contribution in [1.82, 2.24) is 5.32 Å². The van der Waals surface area contributed by atoms with Crippen molar-refractivity contribution in [2.75, 3.05) is 13.2 Å². The highest BCUT2D eigenvalue weighted by atomic mass is 16.7. The first-order valence-electron chi connectivity index (χ1n) is 29.7. The second-order valence-corrected chi connectivity index (χ2v) is 21.2. The minimum absolute atomic E-state index is 0.131. The Morgan fingerprint density at radius 3 is 1.06 bits per heavy atom. The molecule has 1 heterocycles. The average Bonchev–Trinajstić information content (AvgIpc) is 3.33. The number of carbonyl (C=O) groups excluding carboxylic acids is 1. The molecule has 0 aromatic heterocycles. The van der Waals surface area contributed by atoms with Crippen LogP contribution in [0.15, 0.2) is 0 Å². The molecule has 400 valence electrons. The summed E-state index contributed by atoms with van der Waals surface area (Å²) in [5.74, 6) is -0.136. The van der Waals surface area contributed by atoms with E-state index in [-0.39, 0.29) is 12.5 Å². The van der Waals surface area contributed by atoms with E-state index >= 15 is 0 Å². The summed E-state index contributed by atoms with van der Waals surface area (Å²) >= 11 is 0. The van der Waals surface area contributed by atoms with E-state index in [4.69, 9.17) is 9.47 Å². The van der Waals surface area contributed by atoms with Gasteiger partial charge in [-0.05, 0) is 12.8 Å². The van der Waals surface area contributed by atoms with Gasteiger partial charge in [-0.1, -0.05) is 290 Å². The molecule has 1 aliphatic rings. The maximum absolute atomic E-state index is 13.1. The van der Waals surface area contributed by atoms with Crippen LogP contribution in [-0.2, 0) is 14.3 Å². The van der Waals surface area contributed by atoms with Crippen molar-refractivity contribution in [1.29, 1.82) is 0 Å². The lowest BCUT2D eigenvalue weighted by Gasteiger charge is -2.40. The van der Waals surface area contributed by atoms with Crippen molar-refractivity contribution < 1.29 is 39.8 Å². The molecule has 0 saturated carbocycles. The number of hydrogen-bond donors (Lipinski definition) is 6. The highest BCUT2D eigenvalue weighted by Gasteiger charge is 2.44. The fourth-order valence-corrected chi connectivity index (χ4v) is 9.99. The van der Waals surface area contributed by atoms with Crippen LogP contribution in [-0.4, -0.2) is 87.5 Å². The minimum atomic E-state index is -1.55. The molecule has 0 aliphatic carbocycles. The summed E-state index contributed by atoms with van der Waals surface area (Å²) in [5.41, 5.74) is 0. The van der Waals surface area contributed by atoms with Crippen LogP contribution in [0, 0.1) is 0 Å². The minimum Gasteiger partial charge on any atom is -0.394 e. The normalized spacial score (nSPS) is 19.5. The topological polar surface area (TPSA) is 149 Å². The van der Waals surface area contributed by atoms with Crippen molar-refractivity contribution in [2.24, 2.45) is 0 Å². The zero-order chi connectivity index (χ0) is 48.7. The van der Waals surface area contributed by atoms with E-state index in [0.717, 1.165) is 38.5 Å². The van der Waals surface area contributed by atoms with Gasteiger partial charge >= 0.3 is 0 Å². The summed E-state index contributed by atoms with van der Waals surface area (Å²) in [7, 11) is 0. The number of carbonyl (C=O) groups is 1. The predicted octanol–water partition coefficient (Wildman–Crippen LogP) is 14.6. The van der Waals surface area contributed by atoms with Crippen molar-refractivity contribution in [2.45, 2.75) is 352 Å². The van der Waals surface area contributed by atoms with Crippen molar-refractivity contribution in [3.8, 4) is 0 Å². The lowest BCUT2D eigenvalue weighted by molar-refractivity contribution is -0.302. The first-order valence-corrected chi connectivity index (χ1v) is 29.7. The molecule has 0 radical (unpaired) electrons. The maximum Gasteiger partial charge on any atom is 0.220 e. The Kier molecular flexibility index (Phi) is 46.8. The third kappa shape index (κ3) is 38.5. The number of aliphatic hydroxyl groups is 5. The Labute approximate surface area is 414 Å². The molecule has 7 unspecified atom stereocenters. The molecule has 0 aromatic rings. The summed E-state index contributed by atoms with van der Waals surface area (Å²) in [6.07, 6.45) is 51.4. The monoisotopic (exact) mass is 954 g/mol. The predicted molar refractivity (Wildman–Crippen MR) is 281 cm³/mol. The van der Waals surface area contributed by atoms with E-state index in [2.05, 4.69) is 19.2 Å². The number of unbranched alkanes of at least 4 members (excludes halogenated alkanes) is 42. The van der Waals surface area contributed by atoms with Crippen LogP contribution < -0.4 is 5.32 Å². The highest BCUT2D eigenvalue weighted by molar-refractivity contribution is 5.76. The van der Waals surface area contributed by atoms with Crippen LogP contribution in [0.4, 0.5) is 0 Å². The van der Waals surface area contributed by atoms with Gasteiger partial charge in [0.2, 0.25) is 5.91 Å². The van der Waals surface area contributed by atoms with Crippen LogP contribution in [0.2, 0.25) is 0 Å². The molecule has 0 aromatic carbocycles. The fourth-order valence-electron chi connectivity index (χ4n) is 9.99. The Morgan fingerprint density at radius 2 is 0.746 bits per heavy atom. The average molecular weight is 955 g/mol. The third-order valence-corrected chi connectivity index (χ3v) is 14.7. The van der Waals surface area contributed by atoms with E-state index in [0.29, 0.717) is 12.8 Å². The molecule has 1 amide bonds. The molecule has 0 bridgehead atoms. The van der Waals surface area contributed by atoms with Gasteiger partial charge in [-0.2, -0.15) is 0 Å². The molecule has 1 fully saturated rings. The number of ether oxygens (including phenoxy) is 2. The number of hydrogen-bond acceptors (Lipinski definition) is 8. The lowest BCUT2D eigenvalue weighted by Crippen LogP contribution is -2.60. The van der Waals surface area contributed by atoms with Crippen LogP contribution in [0.3, 0.4) is 0 Å². The third-order valence-electron chi connectivity index (χ3n) is 14.7. The van der Waals surface area contributed by atoms with E-state index in [1.54, 1.807) is 0 Å². The largest absolute Gasteiger partial charge is 0.394 e. The van der Waals surface area contributed by atoms with Gasteiger partial charge in [0.25, 0.3) is 0 Å². The van der Waals surface area contributed by atoms with Gasteiger partial charge < -0.3 is 40.3 Å². The van der Waals surface area contributed by atoms with Crippen molar-refractivity contribution >= 4 is 5.91 Å². The van der Waals surface area contributed by atoms with Crippen LogP contribution in [0.25, 0.3) is 0 Å². The number of rotatable bonds is 52. The Balaban J connectivity index is 2.16. The van der Waals surface area contributed by atoms with Gasteiger partial charge in [0.1, 0.15) is 24.4 Å². The molecule has 1 saturated heterocycles. The van der Waals surface area contributed by atoms with Crippen LogP contribution >= 0.6 is 0 Å². The number of aliphatic hydroxyl groups excluding tert-OH is 5. The summed E-state index contributed by atoms with van der Waals surface area (Å²) in [5, 5.41) is 54.7. The number of nitrogens with one attached hydrogen (secondary N) is 1. The summed E-state index contributed by atoms with van der Waals surface area (Å²) in [6.45, 7) is 3.89. The summed E-state index contributed by atoms with van der Waals surface area (Å²) in [6, 6.07) is -0.713. The SMILES string of the molecule is CCCCCCCCCCCCCCCCCCCCCCCCCCCCC(=O)NC(COC1OC(CO)C(O)C(O)C1O)C(O)CCCCCCCCCCCCCCCCCCCC. The first kappa shape index (κ1) is 64.2. The molecular formula is C58H115NO8. The van der Waals surface area contributed by atoms with Gasteiger partial charge in [0.15, 0.2) is 6.29 Å². The maximum atomic E-state index is 13.1. The van der Waals surface area contributed by atoms with E-state index in [1.807, 2.05) is 0 Å². The first-order chi connectivity index (χ1) is 32.8. The molecule has 67 heavy (non-hydrogen) atoms. The summed E-state index contributed by atoms with van der Waals surface area (Å²) in [4.78, 5) is 13.1. The van der Waals surface area contributed by atoms with Gasteiger partial charge in [-0.3, -0.25) is 4.79 Å². The van der Waals surface area contributed by atoms with Crippen molar-refractivity contribution in [3.63, 3.8) is 0 Å². The molecule has 0 spiro atoms. The standard InChI is InChI=1S/C58H115NO8/c1-3-5-7-9-11-13-15-17-19-21-23-24-25-26-27-28-29-30-32-34-36-38-40-42-44-46-48-54(62)59-51(50-66-58-57(65)56(64)55(63)53(49-60)67-58)52(61)47-45-43-41-39-37-35-33-31-22-20-18-16-14-12-10-8-6-4-2/h51-53,55-58,60-61,63-65H,3-50H2,1-2H3,(H,59,62). The second-order valence-electron chi connectivity index (χ2n) is 21.2. The van der Waals surface area contributed by atoms with Gasteiger partial charge in [0.05, 0.1) is 25.4 Å². The van der Waals surface area contributed by atoms with Crippen LogP contribution in [0.5, 0.6) is 0 Å². The van der Waals surface area contributed by atoms with Gasteiger partial charge in [0, 0.05) is 6.42 Å². The Morgan fingerprint density at radius 1 is 0.448 bits per heavy atom. The highest BCUT2D eigenvalue weighted by Crippen LogP contribution is 2.23. The van der Waals surface area contributed by atoms with Crippen molar-refractivity contribution in [3.05, 3.63) is 0 Å².